The first-order valence-electron chi connectivity index (χ1n) is 7.58. The molecular weight excluding hydrogens is 280 g/mol. The first-order valence-corrected chi connectivity index (χ1v) is 7.58. The van der Waals surface area contributed by atoms with Gasteiger partial charge < -0.3 is 9.68 Å². The predicted molar refractivity (Wildman–Crippen MR) is 76.6 cm³/mol. The van der Waals surface area contributed by atoms with Crippen molar-refractivity contribution in [3.05, 3.63) is 20.2 Å². The van der Waals surface area contributed by atoms with Crippen LogP contribution in [0.2, 0.25) is 0 Å². The Bertz CT molecular complexity index is 294. The van der Waals surface area contributed by atoms with Gasteiger partial charge in [0.1, 0.15) is 12.7 Å². The van der Waals surface area contributed by atoms with E-state index in [1.807, 2.05) is 0 Å². The van der Waals surface area contributed by atoms with Crippen molar-refractivity contribution in [3.63, 3.8) is 0 Å². The number of nitrogens with zero attached hydrogens (tertiary/aromatic N) is 2. The van der Waals surface area contributed by atoms with Crippen LogP contribution in [0, 0.1) is 26.1 Å². The first-order chi connectivity index (χ1) is 9.99. The minimum atomic E-state index is -0.963. The third-order valence-electron chi connectivity index (χ3n) is 3.38. The van der Waals surface area contributed by atoms with E-state index in [-0.39, 0.29) is 0 Å². The van der Waals surface area contributed by atoms with E-state index in [2.05, 4.69) is 23.5 Å². The summed E-state index contributed by atoms with van der Waals surface area (Å²) in [7, 11) is 0. The molecule has 8 nitrogen and oxygen atoms in total. The van der Waals surface area contributed by atoms with Gasteiger partial charge in [0.2, 0.25) is 0 Å². The summed E-state index contributed by atoms with van der Waals surface area (Å²) in [6.45, 7) is 3.93. The van der Waals surface area contributed by atoms with Crippen molar-refractivity contribution in [2.75, 3.05) is 6.61 Å². The molecule has 1 atom stereocenters. The van der Waals surface area contributed by atoms with Crippen LogP contribution in [0.4, 0.5) is 0 Å². The molecule has 0 aromatic heterocycles. The summed E-state index contributed by atoms with van der Waals surface area (Å²) in [4.78, 5) is 29.0. The molecule has 21 heavy (non-hydrogen) atoms. The van der Waals surface area contributed by atoms with E-state index < -0.39 is 22.9 Å². The van der Waals surface area contributed by atoms with E-state index in [0.29, 0.717) is 12.3 Å². The van der Waals surface area contributed by atoms with Gasteiger partial charge in [0.05, 0.1) is 0 Å². The molecule has 0 fully saturated rings. The molecule has 0 aliphatic heterocycles. The van der Waals surface area contributed by atoms with Crippen LogP contribution >= 0.6 is 0 Å². The van der Waals surface area contributed by atoms with Crippen molar-refractivity contribution < 1.29 is 19.8 Å². The Kier molecular flexibility index (Phi) is 11.2. The SMILES string of the molecule is CCCC(CCC)CCCCC(CO[N+](=O)[O-])O[N+](=O)[O-]. The molecule has 0 aliphatic carbocycles. The number of hydrogen-bond acceptors (Lipinski definition) is 6. The van der Waals surface area contributed by atoms with Gasteiger partial charge in [-0.25, -0.2) is 0 Å². The molecule has 0 saturated carbocycles. The lowest BCUT2D eigenvalue weighted by molar-refractivity contribution is -0.790. The molecule has 0 spiro atoms. The second kappa shape index (κ2) is 12.2. The van der Waals surface area contributed by atoms with E-state index in [1.54, 1.807) is 0 Å². The Hall–Kier alpha value is -1.60. The van der Waals surface area contributed by atoms with Crippen LogP contribution in [0.3, 0.4) is 0 Å². The minimum Gasteiger partial charge on any atom is -0.312 e. The average molecular weight is 306 g/mol. The largest absolute Gasteiger partial charge is 0.312 e. The van der Waals surface area contributed by atoms with Gasteiger partial charge in [-0.2, -0.15) is 0 Å². The van der Waals surface area contributed by atoms with Gasteiger partial charge in [-0.1, -0.05) is 58.8 Å². The minimum absolute atomic E-state index is 0.389. The lowest BCUT2D eigenvalue weighted by atomic mass is 9.92. The maximum absolute atomic E-state index is 10.3. The molecule has 0 aliphatic rings. The molecule has 0 N–H and O–H groups in total. The molecule has 0 amide bonds. The van der Waals surface area contributed by atoms with Crippen molar-refractivity contribution in [2.45, 2.75) is 71.3 Å². The van der Waals surface area contributed by atoms with E-state index in [0.717, 1.165) is 32.1 Å². The highest BCUT2D eigenvalue weighted by molar-refractivity contribution is 4.61. The summed E-state index contributed by atoms with van der Waals surface area (Å²) in [5.74, 6) is 0.699. The molecule has 124 valence electrons. The fraction of sp³-hybridized carbons (Fsp3) is 1.00. The third kappa shape index (κ3) is 11.9. The van der Waals surface area contributed by atoms with Crippen molar-refractivity contribution in [2.24, 2.45) is 5.92 Å². The zero-order valence-corrected chi connectivity index (χ0v) is 12.9. The van der Waals surface area contributed by atoms with Crippen LogP contribution in [-0.4, -0.2) is 22.9 Å². The Morgan fingerprint density at radius 2 is 1.48 bits per heavy atom. The molecule has 0 radical (unpaired) electrons. The normalized spacial score (nSPS) is 12.1. The van der Waals surface area contributed by atoms with Crippen molar-refractivity contribution in [1.29, 1.82) is 0 Å². The van der Waals surface area contributed by atoms with E-state index in [1.165, 1.54) is 12.8 Å². The van der Waals surface area contributed by atoms with Gasteiger partial charge in [-0.15, -0.1) is 20.2 Å². The fourth-order valence-electron chi connectivity index (χ4n) is 2.49. The highest BCUT2D eigenvalue weighted by Crippen LogP contribution is 2.21. The molecule has 1 unspecified atom stereocenters. The van der Waals surface area contributed by atoms with Crippen molar-refractivity contribution >= 4 is 0 Å². The molecule has 0 aromatic rings. The molecule has 0 heterocycles. The van der Waals surface area contributed by atoms with Gasteiger partial charge in [0.25, 0.3) is 10.2 Å². The third-order valence-corrected chi connectivity index (χ3v) is 3.38. The van der Waals surface area contributed by atoms with E-state index in [4.69, 9.17) is 0 Å². The fourth-order valence-corrected chi connectivity index (χ4v) is 2.49. The maximum Gasteiger partial charge on any atom is 0.294 e. The zero-order chi connectivity index (χ0) is 16.1. The lowest BCUT2D eigenvalue weighted by Gasteiger charge is -2.16. The smallest absolute Gasteiger partial charge is 0.294 e. The monoisotopic (exact) mass is 306 g/mol. The highest BCUT2D eigenvalue weighted by Gasteiger charge is 2.16. The van der Waals surface area contributed by atoms with Gasteiger partial charge in [0, 0.05) is 0 Å². The predicted octanol–water partition coefficient (Wildman–Crippen LogP) is 3.55. The topological polar surface area (TPSA) is 105 Å². The number of hydrogen-bond donors (Lipinski definition) is 0. The summed E-state index contributed by atoms with van der Waals surface area (Å²) in [6.07, 6.45) is 7.01. The van der Waals surface area contributed by atoms with Gasteiger partial charge in [0.15, 0.2) is 0 Å². The van der Waals surface area contributed by atoms with Gasteiger partial charge >= 0.3 is 0 Å². The number of rotatable bonds is 14. The van der Waals surface area contributed by atoms with E-state index in [9.17, 15) is 20.2 Å². The second-order valence-electron chi connectivity index (χ2n) is 5.20. The van der Waals surface area contributed by atoms with Gasteiger partial charge in [-0.05, 0) is 12.3 Å². The van der Waals surface area contributed by atoms with E-state index >= 15 is 0 Å². The molecular formula is C13H26N2O6. The Morgan fingerprint density at radius 1 is 0.905 bits per heavy atom. The van der Waals surface area contributed by atoms with Crippen molar-refractivity contribution in [1.82, 2.24) is 0 Å². The lowest BCUT2D eigenvalue weighted by Crippen LogP contribution is -2.24. The molecule has 0 rings (SSSR count). The molecule has 8 heteroatoms. The zero-order valence-electron chi connectivity index (χ0n) is 12.9. The average Bonchev–Trinajstić information content (AvgIpc) is 2.40. The molecule has 0 aromatic carbocycles. The van der Waals surface area contributed by atoms with Crippen LogP contribution in [0.1, 0.15) is 65.2 Å². The van der Waals surface area contributed by atoms with Crippen LogP contribution in [0.25, 0.3) is 0 Å². The Labute approximate surface area is 125 Å². The Balaban J connectivity index is 3.98. The molecule has 0 saturated heterocycles. The molecule has 0 bridgehead atoms. The highest BCUT2D eigenvalue weighted by atomic mass is 17.0. The number of unbranched alkanes of at least 4 members (excludes halogenated alkanes) is 1. The summed E-state index contributed by atoms with van der Waals surface area (Å²) in [6, 6.07) is 0. The summed E-state index contributed by atoms with van der Waals surface area (Å²) >= 11 is 0. The second-order valence-corrected chi connectivity index (χ2v) is 5.20. The Morgan fingerprint density at radius 3 is 1.95 bits per heavy atom. The standard InChI is InChI=1S/C13H26N2O6/c1-3-7-12(8-4-2)9-5-6-10-13(21-15(18)19)11-20-14(16)17/h12-13H,3-11H2,1-2H3. The van der Waals surface area contributed by atoms with Crippen LogP contribution in [0.5, 0.6) is 0 Å². The quantitative estimate of drug-likeness (QED) is 0.276. The van der Waals surface area contributed by atoms with Crippen LogP contribution in [0.15, 0.2) is 0 Å². The maximum atomic E-state index is 10.3. The summed E-state index contributed by atoms with van der Waals surface area (Å²) in [5.41, 5.74) is 0. The summed E-state index contributed by atoms with van der Waals surface area (Å²) < 4.78 is 0. The van der Waals surface area contributed by atoms with Crippen molar-refractivity contribution in [3.8, 4) is 0 Å². The van der Waals surface area contributed by atoms with Crippen LogP contribution < -0.4 is 0 Å². The van der Waals surface area contributed by atoms with Crippen LogP contribution in [-0.2, 0) is 9.68 Å². The van der Waals surface area contributed by atoms with Gasteiger partial charge in [-0.3, -0.25) is 0 Å². The first kappa shape index (κ1) is 19.4. The summed E-state index contributed by atoms with van der Waals surface area (Å²) in [5, 5.41) is 18.5.